The van der Waals surface area contributed by atoms with E-state index in [0.29, 0.717) is 30.2 Å². The number of hydrogen-bond donors (Lipinski definition) is 0. The summed E-state index contributed by atoms with van der Waals surface area (Å²) in [6, 6.07) is 14.9. The van der Waals surface area contributed by atoms with Crippen molar-refractivity contribution in [2.45, 2.75) is 18.8 Å². The van der Waals surface area contributed by atoms with Crippen LogP contribution in [0.5, 0.6) is 11.5 Å². The average molecular weight is 408 g/mol. The highest BCUT2D eigenvalue weighted by Crippen LogP contribution is 2.41. The molecule has 2 amide bonds. The lowest BCUT2D eigenvalue weighted by molar-refractivity contribution is -0.134. The normalized spacial score (nSPS) is 21.0. The van der Waals surface area contributed by atoms with Gasteiger partial charge in [-0.05, 0) is 43.2 Å². The largest absolute Gasteiger partial charge is 0.497 e. The first kappa shape index (κ1) is 20.3. The molecule has 2 heterocycles. The van der Waals surface area contributed by atoms with Crippen LogP contribution >= 0.6 is 0 Å². The molecule has 0 aliphatic carbocycles. The maximum atomic E-state index is 13.4. The maximum Gasteiger partial charge on any atom is 0.253 e. The van der Waals surface area contributed by atoms with Crippen LogP contribution in [0.15, 0.2) is 48.5 Å². The summed E-state index contributed by atoms with van der Waals surface area (Å²) in [5.41, 5.74) is 1.56. The first-order valence-corrected chi connectivity index (χ1v) is 10.5. The second-order valence-electron chi connectivity index (χ2n) is 7.93. The quantitative estimate of drug-likeness (QED) is 0.763. The SMILES string of the molecule is COc1ccc(OC)c([C@H]2CN(C(=O)c3ccccc3)C[C@@H]2C(=O)N2CCCC2)c1. The van der Waals surface area contributed by atoms with Gasteiger partial charge in [-0.25, -0.2) is 0 Å². The van der Waals surface area contributed by atoms with E-state index < -0.39 is 0 Å². The summed E-state index contributed by atoms with van der Waals surface area (Å²) in [6.45, 7) is 2.48. The van der Waals surface area contributed by atoms with Gasteiger partial charge in [-0.1, -0.05) is 18.2 Å². The smallest absolute Gasteiger partial charge is 0.253 e. The molecule has 2 aromatic carbocycles. The van der Waals surface area contributed by atoms with Crippen molar-refractivity contribution in [3.8, 4) is 11.5 Å². The predicted octanol–water partition coefficient (Wildman–Crippen LogP) is 3.18. The molecule has 30 heavy (non-hydrogen) atoms. The third-order valence-corrected chi connectivity index (χ3v) is 6.20. The van der Waals surface area contributed by atoms with Crippen LogP contribution < -0.4 is 9.47 Å². The molecule has 2 atom stereocenters. The molecule has 2 saturated heterocycles. The van der Waals surface area contributed by atoms with E-state index in [0.717, 1.165) is 31.5 Å². The molecule has 0 unspecified atom stereocenters. The Labute approximate surface area is 177 Å². The molecule has 0 radical (unpaired) electrons. The van der Waals surface area contributed by atoms with Crippen molar-refractivity contribution < 1.29 is 19.1 Å². The monoisotopic (exact) mass is 408 g/mol. The number of hydrogen-bond acceptors (Lipinski definition) is 4. The summed E-state index contributed by atoms with van der Waals surface area (Å²) in [7, 11) is 3.25. The molecule has 0 saturated carbocycles. The van der Waals surface area contributed by atoms with Gasteiger partial charge in [0.05, 0.1) is 20.1 Å². The number of benzene rings is 2. The van der Waals surface area contributed by atoms with Crippen LogP contribution in [0, 0.1) is 5.92 Å². The third-order valence-electron chi connectivity index (χ3n) is 6.20. The van der Waals surface area contributed by atoms with Crippen molar-refractivity contribution in [2.24, 2.45) is 5.92 Å². The summed E-state index contributed by atoms with van der Waals surface area (Å²) in [5, 5.41) is 0. The molecule has 6 nitrogen and oxygen atoms in total. The Kier molecular flexibility index (Phi) is 5.93. The van der Waals surface area contributed by atoms with Crippen molar-refractivity contribution >= 4 is 11.8 Å². The Balaban J connectivity index is 1.68. The zero-order chi connectivity index (χ0) is 21.1. The minimum atomic E-state index is -0.295. The average Bonchev–Trinajstić information content (AvgIpc) is 3.49. The van der Waals surface area contributed by atoms with Crippen LogP contribution in [0.2, 0.25) is 0 Å². The van der Waals surface area contributed by atoms with Gasteiger partial charge in [0.15, 0.2) is 0 Å². The first-order chi connectivity index (χ1) is 14.6. The van der Waals surface area contributed by atoms with E-state index in [4.69, 9.17) is 9.47 Å². The zero-order valence-electron chi connectivity index (χ0n) is 17.5. The lowest BCUT2D eigenvalue weighted by atomic mass is 9.87. The highest BCUT2D eigenvalue weighted by Gasteiger charge is 2.43. The van der Waals surface area contributed by atoms with E-state index in [9.17, 15) is 9.59 Å². The predicted molar refractivity (Wildman–Crippen MR) is 114 cm³/mol. The molecule has 2 aliphatic rings. The van der Waals surface area contributed by atoms with Gasteiger partial charge in [0.1, 0.15) is 11.5 Å². The van der Waals surface area contributed by atoms with E-state index in [1.807, 2.05) is 53.4 Å². The molecule has 2 fully saturated rings. The number of rotatable bonds is 5. The molecule has 0 aromatic heterocycles. The van der Waals surface area contributed by atoms with Crippen LogP contribution in [-0.2, 0) is 4.79 Å². The molecule has 2 aliphatic heterocycles. The van der Waals surface area contributed by atoms with Crippen molar-refractivity contribution in [3.63, 3.8) is 0 Å². The van der Waals surface area contributed by atoms with Gasteiger partial charge in [-0.15, -0.1) is 0 Å². The summed E-state index contributed by atoms with van der Waals surface area (Å²) in [5.74, 6) is 1.08. The fraction of sp³-hybridized carbons (Fsp3) is 0.417. The highest BCUT2D eigenvalue weighted by molar-refractivity contribution is 5.95. The number of nitrogens with zero attached hydrogens (tertiary/aromatic N) is 2. The fourth-order valence-corrected chi connectivity index (χ4v) is 4.60. The number of likely N-dealkylation sites (tertiary alicyclic amines) is 2. The Hall–Kier alpha value is -3.02. The van der Waals surface area contributed by atoms with E-state index in [1.165, 1.54) is 0 Å². The minimum absolute atomic E-state index is 0.0424. The molecule has 6 heteroatoms. The van der Waals surface area contributed by atoms with Crippen LogP contribution in [0.4, 0.5) is 0 Å². The fourth-order valence-electron chi connectivity index (χ4n) is 4.60. The van der Waals surface area contributed by atoms with Gasteiger partial charge in [0.2, 0.25) is 5.91 Å². The lowest BCUT2D eigenvalue weighted by Gasteiger charge is -2.25. The number of carbonyl (C=O) groups is 2. The van der Waals surface area contributed by atoms with Gasteiger partial charge < -0.3 is 19.3 Å². The number of ether oxygens (including phenoxy) is 2. The minimum Gasteiger partial charge on any atom is -0.497 e. The van der Waals surface area contributed by atoms with Crippen LogP contribution in [0.25, 0.3) is 0 Å². The molecular formula is C24H28N2O4. The van der Waals surface area contributed by atoms with Crippen LogP contribution in [0.3, 0.4) is 0 Å². The zero-order valence-corrected chi connectivity index (χ0v) is 17.5. The number of carbonyl (C=O) groups excluding carboxylic acids is 2. The Bertz CT molecular complexity index is 909. The summed E-state index contributed by atoms with van der Waals surface area (Å²) in [4.78, 5) is 30.3. The molecule has 0 spiro atoms. The number of methoxy groups -OCH3 is 2. The van der Waals surface area contributed by atoms with Crippen LogP contribution in [-0.4, -0.2) is 62.0 Å². The Morgan fingerprint density at radius 1 is 0.900 bits per heavy atom. The third kappa shape index (κ3) is 3.86. The van der Waals surface area contributed by atoms with Gasteiger partial charge in [-0.3, -0.25) is 9.59 Å². The van der Waals surface area contributed by atoms with E-state index >= 15 is 0 Å². The number of amides is 2. The lowest BCUT2D eigenvalue weighted by Crippen LogP contribution is -2.37. The van der Waals surface area contributed by atoms with E-state index in [-0.39, 0.29) is 23.7 Å². The topological polar surface area (TPSA) is 59.1 Å². The van der Waals surface area contributed by atoms with Gasteiger partial charge in [0, 0.05) is 43.2 Å². The van der Waals surface area contributed by atoms with Gasteiger partial charge >= 0.3 is 0 Å². The molecule has 158 valence electrons. The summed E-state index contributed by atoms with van der Waals surface area (Å²) in [6.07, 6.45) is 2.08. The second kappa shape index (κ2) is 8.78. The highest BCUT2D eigenvalue weighted by atomic mass is 16.5. The standard InChI is InChI=1S/C24H28N2O4/c1-29-18-10-11-22(30-2)19(14-18)20-15-26(23(27)17-8-4-3-5-9-17)16-21(20)24(28)25-12-6-7-13-25/h3-5,8-11,14,20-21H,6-7,12-13,15-16H2,1-2H3/t20-,21+/m1/s1. The van der Waals surface area contributed by atoms with Crippen molar-refractivity contribution in [1.82, 2.24) is 9.80 Å². The molecule has 2 aromatic rings. The second-order valence-corrected chi connectivity index (χ2v) is 7.93. The molecular weight excluding hydrogens is 380 g/mol. The molecule has 0 bridgehead atoms. The van der Waals surface area contributed by atoms with Crippen molar-refractivity contribution in [1.29, 1.82) is 0 Å². The van der Waals surface area contributed by atoms with E-state index in [1.54, 1.807) is 19.1 Å². The Morgan fingerprint density at radius 3 is 2.30 bits per heavy atom. The van der Waals surface area contributed by atoms with E-state index in [2.05, 4.69) is 0 Å². The van der Waals surface area contributed by atoms with Crippen molar-refractivity contribution in [3.05, 3.63) is 59.7 Å². The van der Waals surface area contributed by atoms with Gasteiger partial charge in [-0.2, -0.15) is 0 Å². The van der Waals surface area contributed by atoms with Crippen LogP contribution in [0.1, 0.15) is 34.7 Å². The maximum absolute atomic E-state index is 13.4. The van der Waals surface area contributed by atoms with Crippen molar-refractivity contribution in [2.75, 3.05) is 40.4 Å². The summed E-state index contributed by atoms with van der Waals surface area (Å²) >= 11 is 0. The molecule has 0 N–H and O–H groups in total. The van der Waals surface area contributed by atoms with Gasteiger partial charge in [0.25, 0.3) is 5.91 Å². The first-order valence-electron chi connectivity index (χ1n) is 10.5. The summed E-state index contributed by atoms with van der Waals surface area (Å²) < 4.78 is 11.0. The Morgan fingerprint density at radius 2 is 1.63 bits per heavy atom. The molecule has 4 rings (SSSR count).